The molecule has 1 fully saturated rings. The molecule has 0 aliphatic carbocycles. The zero-order valence-corrected chi connectivity index (χ0v) is 12.7. The highest BCUT2D eigenvalue weighted by Crippen LogP contribution is 2.30. The van der Waals surface area contributed by atoms with Crippen molar-refractivity contribution in [3.63, 3.8) is 0 Å². The fourth-order valence-corrected chi connectivity index (χ4v) is 3.06. The van der Waals surface area contributed by atoms with E-state index in [1.54, 1.807) is 0 Å². The Bertz CT molecular complexity index is 410. The summed E-state index contributed by atoms with van der Waals surface area (Å²) in [5.41, 5.74) is 2.21. The molecular weight excluding hydrogens is 240 g/mol. The average molecular weight is 266 g/mol. The van der Waals surface area contributed by atoms with Gasteiger partial charge in [0.1, 0.15) is 5.76 Å². The number of hydrogen-bond acceptors (Lipinski definition) is 4. The number of hydrogen-bond donors (Lipinski definition) is 1. The van der Waals surface area contributed by atoms with Gasteiger partial charge in [-0.1, -0.05) is 12.1 Å². The van der Waals surface area contributed by atoms with Crippen LogP contribution in [0.15, 0.2) is 4.52 Å². The van der Waals surface area contributed by atoms with Crippen LogP contribution in [0.1, 0.15) is 63.1 Å². The zero-order valence-electron chi connectivity index (χ0n) is 12.7. The van der Waals surface area contributed by atoms with E-state index in [1.807, 2.05) is 13.8 Å². The predicted octanol–water partition coefficient (Wildman–Crippen LogP) is 3.29. The number of nitrogens with one attached hydrogen (secondary N) is 1. The number of nitrogens with zero attached hydrogens (tertiary/aromatic N) is 1. The molecule has 3 unspecified atom stereocenters. The lowest BCUT2D eigenvalue weighted by Crippen LogP contribution is -2.45. The van der Waals surface area contributed by atoms with Gasteiger partial charge in [0.2, 0.25) is 0 Å². The summed E-state index contributed by atoms with van der Waals surface area (Å²) < 4.78 is 11.1. The number of ether oxygens (including phenoxy) is 1. The first-order valence-electron chi connectivity index (χ1n) is 7.28. The molecule has 2 rings (SSSR count). The summed E-state index contributed by atoms with van der Waals surface area (Å²) in [5, 5.41) is 7.75. The Kier molecular flexibility index (Phi) is 4.31. The van der Waals surface area contributed by atoms with Gasteiger partial charge in [0.15, 0.2) is 0 Å². The minimum Gasteiger partial charge on any atom is -0.375 e. The number of aromatic nitrogens is 1. The lowest BCUT2D eigenvalue weighted by molar-refractivity contribution is -0.0789. The highest BCUT2D eigenvalue weighted by Gasteiger charge is 2.32. The fourth-order valence-electron chi connectivity index (χ4n) is 3.06. The van der Waals surface area contributed by atoms with Gasteiger partial charge in [-0.05, 0) is 47.0 Å². The molecule has 1 aliphatic rings. The second-order valence-corrected chi connectivity index (χ2v) is 5.97. The van der Waals surface area contributed by atoms with E-state index in [2.05, 4.69) is 31.2 Å². The van der Waals surface area contributed by atoms with Crippen molar-refractivity contribution in [2.24, 2.45) is 0 Å². The quantitative estimate of drug-likeness (QED) is 0.908. The minimum atomic E-state index is 0.0222. The second kappa shape index (κ2) is 5.63. The lowest BCUT2D eigenvalue weighted by atomic mass is 9.89. The molecule has 4 nitrogen and oxygen atoms in total. The van der Waals surface area contributed by atoms with E-state index < -0.39 is 0 Å². The zero-order chi connectivity index (χ0) is 14.0. The first-order chi connectivity index (χ1) is 8.95. The fraction of sp³-hybridized carbons (Fsp3) is 0.800. The molecule has 0 saturated carbocycles. The molecule has 1 N–H and O–H groups in total. The van der Waals surface area contributed by atoms with Crippen LogP contribution in [0.25, 0.3) is 0 Å². The standard InChI is InChI=1S/C15H26N2O2/c1-6-15(5)9-13(7-8-18-15)16-10(2)14-11(3)17-19-12(14)4/h10,13,16H,6-9H2,1-5H3. The third kappa shape index (κ3) is 3.18. The largest absolute Gasteiger partial charge is 0.375 e. The van der Waals surface area contributed by atoms with E-state index in [0.717, 1.165) is 37.3 Å². The normalized spacial score (nSPS) is 29.4. The van der Waals surface area contributed by atoms with E-state index >= 15 is 0 Å². The van der Waals surface area contributed by atoms with Gasteiger partial charge in [-0.15, -0.1) is 0 Å². The highest BCUT2D eigenvalue weighted by molar-refractivity contribution is 5.24. The van der Waals surface area contributed by atoms with Gasteiger partial charge in [-0.3, -0.25) is 0 Å². The van der Waals surface area contributed by atoms with E-state index in [4.69, 9.17) is 9.26 Å². The number of aryl methyl sites for hydroxylation is 2. The van der Waals surface area contributed by atoms with Crippen molar-refractivity contribution >= 4 is 0 Å². The Morgan fingerprint density at radius 3 is 2.79 bits per heavy atom. The summed E-state index contributed by atoms with van der Waals surface area (Å²) in [7, 11) is 0. The van der Waals surface area contributed by atoms with Crippen molar-refractivity contribution in [2.45, 2.75) is 71.6 Å². The molecule has 0 aromatic carbocycles. The van der Waals surface area contributed by atoms with Crippen LogP contribution >= 0.6 is 0 Å². The topological polar surface area (TPSA) is 47.3 Å². The molecule has 1 saturated heterocycles. The third-order valence-corrected chi connectivity index (χ3v) is 4.35. The monoisotopic (exact) mass is 266 g/mol. The summed E-state index contributed by atoms with van der Waals surface area (Å²) in [6.45, 7) is 11.4. The first-order valence-corrected chi connectivity index (χ1v) is 7.28. The minimum absolute atomic E-state index is 0.0222. The van der Waals surface area contributed by atoms with Gasteiger partial charge in [0, 0.05) is 24.3 Å². The van der Waals surface area contributed by atoms with Crippen molar-refractivity contribution in [3.8, 4) is 0 Å². The van der Waals surface area contributed by atoms with Crippen LogP contribution in [0.3, 0.4) is 0 Å². The van der Waals surface area contributed by atoms with E-state index in [1.165, 1.54) is 5.56 Å². The molecule has 0 radical (unpaired) electrons. The van der Waals surface area contributed by atoms with Crippen LogP contribution in [-0.2, 0) is 4.74 Å². The van der Waals surface area contributed by atoms with Crippen LogP contribution < -0.4 is 5.32 Å². The molecule has 3 atom stereocenters. The molecule has 0 bridgehead atoms. The van der Waals surface area contributed by atoms with Gasteiger partial charge in [0.25, 0.3) is 0 Å². The van der Waals surface area contributed by atoms with Gasteiger partial charge < -0.3 is 14.6 Å². The summed E-state index contributed by atoms with van der Waals surface area (Å²) in [4.78, 5) is 0. The Morgan fingerprint density at radius 1 is 1.47 bits per heavy atom. The van der Waals surface area contributed by atoms with E-state index in [9.17, 15) is 0 Å². The molecule has 1 aliphatic heterocycles. The van der Waals surface area contributed by atoms with Crippen LogP contribution in [0, 0.1) is 13.8 Å². The molecule has 0 spiro atoms. The molecule has 4 heteroatoms. The van der Waals surface area contributed by atoms with Crippen LogP contribution in [0.2, 0.25) is 0 Å². The maximum absolute atomic E-state index is 5.89. The maximum Gasteiger partial charge on any atom is 0.138 e. The van der Waals surface area contributed by atoms with Crippen molar-refractivity contribution in [3.05, 3.63) is 17.0 Å². The molecular formula is C15H26N2O2. The van der Waals surface area contributed by atoms with Crippen LogP contribution in [0.4, 0.5) is 0 Å². The molecule has 108 valence electrons. The van der Waals surface area contributed by atoms with Gasteiger partial charge in [-0.25, -0.2) is 0 Å². The summed E-state index contributed by atoms with van der Waals surface area (Å²) in [6.07, 6.45) is 3.20. The van der Waals surface area contributed by atoms with Gasteiger partial charge in [0.05, 0.1) is 11.3 Å². The van der Waals surface area contributed by atoms with Gasteiger partial charge >= 0.3 is 0 Å². The van der Waals surface area contributed by atoms with Crippen LogP contribution in [-0.4, -0.2) is 23.4 Å². The van der Waals surface area contributed by atoms with Crippen molar-refractivity contribution < 1.29 is 9.26 Å². The highest BCUT2D eigenvalue weighted by atomic mass is 16.5. The maximum atomic E-state index is 5.89. The van der Waals surface area contributed by atoms with Crippen molar-refractivity contribution in [2.75, 3.05) is 6.61 Å². The summed E-state index contributed by atoms with van der Waals surface area (Å²) in [5.74, 6) is 0.919. The second-order valence-electron chi connectivity index (χ2n) is 5.97. The predicted molar refractivity (Wildman–Crippen MR) is 75.2 cm³/mol. The molecule has 2 heterocycles. The Morgan fingerprint density at radius 2 is 2.21 bits per heavy atom. The van der Waals surface area contributed by atoms with E-state index in [0.29, 0.717) is 6.04 Å². The smallest absolute Gasteiger partial charge is 0.138 e. The Hall–Kier alpha value is -0.870. The Balaban J connectivity index is 2.01. The van der Waals surface area contributed by atoms with E-state index in [-0.39, 0.29) is 11.6 Å². The molecule has 19 heavy (non-hydrogen) atoms. The summed E-state index contributed by atoms with van der Waals surface area (Å²) in [6, 6.07) is 0.776. The van der Waals surface area contributed by atoms with Gasteiger partial charge in [-0.2, -0.15) is 0 Å². The van der Waals surface area contributed by atoms with Crippen LogP contribution in [0.5, 0.6) is 0 Å². The molecule has 1 aromatic heterocycles. The SMILES string of the molecule is CCC1(C)CC(NC(C)c2c(C)noc2C)CCO1. The number of rotatable bonds is 4. The van der Waals surface area contributed by atoms with Crippen molar-refractivity contribution in [1.29, 1.82) is 0 Å². The third-order valence-electron chi connectivity index (χ3n) is 4.35. The van der Waals surface area contributed by atoms with Crippen molar-refractivity contribution in [1.82, 2.24) is 10.5 Å². The Labute approximate surface area is 115 Å². The molecule has 0 amide bonds. The molecule has 1 aromatic rings. The average Bonchev–Trinajstić information content (AvgIpc) is 2.69. The first kappa shape index (κ1) is 14.5. The lowest BCUT2D eigenvalue weighted by Gasteiger charge is -2.39. The summed E-state index contributed by atoms with van der Waals surface area (Å²) >= 11 is 0.